The molecular weight excluding hydrogens is 416 g/mol. The van der Waals surface area contributed by atoms with E-state index >= 15 is 0 Å². The minimum Gasteiger partial charge on any atom is -0.459 e. The molecule has 8 heteroatoms. The van der Waals surface area contributed by atoms with Crippen LogP contribution in [0.2, 0.25) is 0 Å². The number of esters is 2. The predicted octanol–water partition coefficient (Wildman–Crippen LogP) is 3.93. The number of hydrogen-bond donors (Lipinski definition) is 0. The first kappa shape index (κ1) is 31.0. The van der Waals surface area contributed by atoms with Crippen molar-refractivity contribution < 1.29 is 38.2 Å². The van der Waals surface area contributed by atoms with E-state index in [1.165, 1.54) is 27.7 Å². The molecule has 0 aromatic heterocycles. The van der Waals surface area contributed by atoms with Crippen LogP contribution in [0.25, 0.3) is 0 Å². The molecular formula is C24H34O8. The summed E-state index contributed by atoms with van der Waals surface area (Å²) in [7, 11) is 0. The van der Waals surface area contributed by atoms with Gasteiger partial charge in [-0.25, -0.2) is 9.59 Å². The molecule has 178 valence electrons. The van der Waals surface area contributed by atoms with Crippen molar-refractivity contribution in [1.82, 2.24) is 0 Å². The molecule has 0 bridgehead atoms. The van der Waals surface area contributed by atoms with Gasteiger partial charge in [0.2, 0.25) is 0 Å². The smallest absolute Gasteiger partial charge is 0.339 e. The van der Waals surface area contributed by atoms with Gasteiger partial charge in [0.25, 0.3) is 0 Å². The highest BCUT2D eigenvalue weighted by Crippen LogP contribution is 2.13. The zero-order valence-corrected chi connectivity index (χ0v) is 20.1. The van der Waals surface area contributed by atoms with Gasteiger partial charge in [0, 0.05) is 0 Å². The number of carbonyl (C=O) groups excluding carboxylic acids is 6. The molecule has 0 saturated heterocycles. The normalized spacial score (nSPS) is 9.56. The highest BCUT2D eigenvalue weighted by molar-refractivity contribution is 6.03. The van der Waals surface area contributed by atoms with Crippen LogP contribution in [-0.2, 0) is 28.7 Å². The first-order chi connectivity index (χ1) is 14.7. The molecule has 1 aromatic rings. The minimum atomic E-state index is -0.513. The van der Waals surface area contributed by atoms with Crippen molar-refractivity contribution in [2.45, 2.75) is 80.4 Å². The van der Waals surface area contributed by atoms with Crippen LogP contribution in [-0.4, -0.2) is 47.3 Å². The highest BCUT2D eigenvalue weighted by Gasteiger charge is 2.20. The molecule has 0 unspecified atom stereocenters. The molecule has 0 atom stereocenters. The van der Waals surface area contributed by atoms with Gasteiger partial charge in [0.15, 0.2) is 0 Å². The Kier molecular flexibility index (Phi) is 16.0. The number of carbonyl (C=O) groups is 6. The van der Waals surface area contributed by atoms with Crippen molar-refractivity contribution >= 4 is 35.1 Å². The van der Waals surface area contributed by atoms with Crippen LogP contribution in [0, 0.1) is 0 Å². The third kappa shape index (κ3) is 17.7. The SMILES string of the molecule is CC(=O)CC(C)=O.CC(=O)CC(C)=O.CC(C)OC(=O)c1ccccc1C(=O)OC(C)C. The van der Waals surface area contributed by atoms with E-state index in [9.17, 15) is 28.8 Å². The van der Waals surface area contributed by atoms with Crippen LogP contribution in [0.5, 0.6) is 0 Å². The monoisotopic (exact) mass is 450 g/mol. The van der Waals surface area contributed by atoms with Crippen LogP contribution in [0.15, 0.2) is 24.3 Å². The Morgan fingerprint density at radius 3 is 1.00 bits per heavy atom. The van der Waals surface area contributed by atoms with E-state index in [0.717, 1.165) is 0 Å². The molecule has 0 heterocycles. The first-order valence-corrected chi connectivity index (χ1v) is 10.2. The zero-order chi connectivity index (χ0) is 25.4. The molecule has 0 spiro atoms. The Morgan fingerprint density at radius 1 is 0.594 bits per heavy atom. The van der Waals surface area contributed by atoms with Crippen LogP contribution < -0.4 is 0 Å². The Hall–Kier alpha value is -3.16. The molecule has 0 fully saturated rings. The largest absolute Gasteiger partial charge is 0.459 e. The van der Waals surface area contributed by atoms with Crippen LogP contribution in [0.1, 0.15) is 88.9 Å². The fourth-order valence-corrected chi connectivity index (χ4v) is 2.10. The summed E-state index contributed by atoms with van der Waals surface area (Å²) in [5, 5.41) is 0. The van der Waals surface area contributed by atoms with Gasteiger partial charge >= 0.3 is 11.9 Å². The van der Waals surface area contributed by atoms with Crippen molar-refractivity contribution in [2.75, 3.05) is 0 Å². The number of hydrogen-bond acceptors (Lipinski definition) is 8. The van der Waals surface area contributed by atoms with Gasteiger partial charge in [-0.3, -0.25) is 19.2 Å². The first-order valence-electron chi connectivity index (χ1n) is 10.2. The molecule has 8 nitrogen and oxygen atoms in total. The molecule has 32 heavy (non-hydrogen) atoms. The fraction of sp³-hybridized carbons (Fsp3) is 0.500. The van der Waals surface area contributed by atoms with Gasteiger partial charge in [-0.1, -0.05) is 12.1 Å². The van der Waals surface area contributed by atoms with Crippen LogP contribution >= 0.6 is 0 Å². The van der Waals surface area contributed by atoms with E-state index in [1.54, 1.807) is 52.0 Å². The molecule has 1 aromatic carbocycles. The fourth-order valence-electron chi connectivity index (χ4n) is 2.10. The zero-order valence-electron chi connectivity index (χ0n) is 20.1. The molecule has 0 amide bonds. The summed E-state index contributed by atoms with van der Waals surface area (Å²) >= 11 is 0. The third-order valence-electron chi connectivity index (χ3n) is 3.05. The van der Waals surface area contributed by atoms with Gasteiger partial charge in [-0.2, -0.15) is 0 Å². The molecule has 1 rings (SSSR count). The summed E-state index contributed by atoms with van der Waals surface area (Å²) in [6.45, 7) is 12.6. The van der Waals surface area contributed by atoms with E-state index in [1.807, 2.05) is 0 Å². The maximum atomic E-state index is 11.8. The molecule has 0 radical (unpaired) electrons. The topological polar surface area (TPSA) is 121 Å². The van der Waals surface area contributed by atoms with Crippen molar-refractivity contribution in [3.05, 3.63) is 35.4 Å². The third-order valence-corrected chi connectivity index (χ3v) is 3.05. The Morgan fingerprint density at radius 2 is 0.844 bits per heavy atom. The average Bonchev–Trinajstić information content (AvgIpc) is 2.59. The van der Waals surface area contributed by atoms with Gasteiger partial charge in [-0.15, -0.1) is 0 Å². The quantitative estimate of drug-likeness (QED) is 0.431. The van der Waals surface area contributed by atoms with Gasteiger partial charge in [0.1, 0.15) is 23.1 Å². The van der Waals surface area contributed by atoms with Gasteiger partial charge < -0.3 is 9.47 Å². The number of ether oxygens (including phenoxy) is 2. The van der Waals surface area contributed by atoms with Crippen LogP contribution in [0.3, 0.4) is 0 Å². The van der Waals surface area contributed by atoms with Crippen molar-refractivity contribution in [3.8, 4) is 0 Å². The molecule has 0 N–H and O–H groups in total. The average molecular weight is 451 g/mol. The van der Waals surface area contributed by atoms with E-state index in [-0.39, 0.29) is 59.3 Å². The Bertz CT molecular complexity index is 715. The molecule has 0 aliphatic heterocycles. The number of ketones is 4. The summed E-state index contributed by atoms with van der Waals surface area (Å²) in [4.78, 5) is 63.8. The van der Waals surface area contributed by atoms with E-state index < -0.39 is 11.9 Å². The minimum absolute atomic E-state index is 0.0625. The van der Waals surface area contributed by atoms with E-state index in [0.29, 0.717) is 0 Å². The van der Waals surface area contributed by atoms with E-state index in [2.05, 4.69) is 0 Å². The summed E-state index contributed by atoms with van der Waals surface area (Å²) in [6, 6.07) is 6.48. The van der Waals surface area contributed by atoms with E-state index in [4.69, 9.17) is 9.47 Å². The van der Waals surface area contributed by atoms with Gasteiger partial charge in [-0.05, 0) is 67.5 Å². The lowest BCUT2D eigenvalue weighted by Gasteiger charge is -2.12. The van der Waals surface area contributed by atoms with Crippen molar-refractivity contribution in [1.29, 1.82) is 0 Å². The number of Topliss-reactive ketones (excluding diaryl/α,β-unsaturated/α-hetero) is 4. The standard InChI is InChI=1S/C14H18O4.2C5H8O2/c1-9(2)17-13(15)11-7-5-6-8-12(11)14(16)18-10(3)4;2*1-4(6)3-5(2)7/h5-10H,1-4H3;2*3H2,1-2H3. The van der Waals surface area contributed by atoms with Crippen LogP contribution in [0.4, 0.5) is 0 Å². The summed E-state index contributed by atoms with van der Waals surface area (Å²) in [5.74, 6) is -1.28. The second-order valence-electron chi connectivity index (χ2n) is 7.62. The predicted molar refractivity (Wildman–Crippen MR) is 120 cm³/mol. The Balaban J connectivity index is 0. The maximum Gasteiger partial charge on any atom is 0.339 e. The lowest BCUT2D eigenvalue weighted by atomic mass is 10.1. The molecule has 0 saturated carbocycles. The Labute approximate surface area is 189 Å². The summed E-state index contributed by atoms with van der Waals surface area (Å²) in [5.41, 5.74) is 0.466. The second kappa shape index (κ2) is 16.5. The molecule has 0 aliphatic carbocycles. The summed E-state index contributed by atoms with van der Waals surface area (Å²) < 4.78 is 10.2. The lowest BCUT2D eigenvalue weighted by molar-refractivity contribution is -0.126. The molecule has 0 aliphatic rings. The second-order valence-corrected chi connectivity index (χ2v) is 7.62. The number of rotatable bonds is 8. The van der Waals surface area contributed by atoms with Gasteiger partial charge in [0.05, 0.1) is 36.2 Å². The van der Waals surface area contributed by atoms with Crippen molar-refractivity contribution in [3.63, 3.8) is 0 Å². The highest BCUT2D eigenvalue weighted by atomic mass is 16.5. The summed E-state index contributed by atoms with van der Waals surface area (Å²) in [6.07, 6.45) is -0.293. The number of benzene rings is 1. The lowest BCUT2D eigenvalue weighted by Crippen LogP contribution is -2.18. The van der Waals surface area contributed by atoms with Crippen molar-refractivity contribution in [2.24, 2.45) is 0 Å². The maximum absolute atomic E-state index is 11.8.